The Morgan fingerprint density at radius 2 is 1.78 bits per heavy atom. The van der Waals surface area contributed by atoms with Crippen LogP contribution in [0.4, 0.5) is 5.69 Å². The van der Waals surface area contributed by atoms with Crippen molar-refractivity contribution in [1.29, 1.82) is 0 Å². The first-order chi connectivity index (χ1) is 15.0. The van der Waals surface area contributed by atoms with E-state index in [4.69, 9.17) is 27.9 Å². The lowest BCUT2D eigenvalue weighted by Gasteiger charge is -2.33. The van der Waals surface area contributed by atoms with Crippen molar-refractivity contribution in [1.82, 2.24) is 4.31 Å². The molecule has 2 aromatic carbocycles. The highest BCUT2D eigenvalue weighted by atomic mass is 35.5. The summed E-state index contributed by atoms with van der Waals surface area (Å²) in [6, 6.07) is 8.98. The number of halogens is 2. The quantitative estimate of drug-likeness (QED) is 0.255. The average Bonchev–Trinajstić information content (AvgIpc) is 2.71. The standard InChI is InChI=1S/C21H24Cl2N2O6S/c1-4-31-21(26)12-19(14(2)3)24(32(29,30)17-8-6-16(22)7-9-17)13-15-5-10-18(23)20(11-15)25(27)28/h5-11,14,19H,4,12-13H2,1-3H3/t19-/m0/s1. The molecule has 0 aliphatic heterocycles. The molecule has 0 saturated heterocycles. The lowest BCUT2D eigenvalue weighted by atomic mass is 10.0. The summed E-state index contributed by atoms with van der Waals surface area (Å²) in [5, 5.41) is 11.6. The van der Waals surface area contributed by atoms with Crippen LogP contribution in [-0.4, -0.2) is 36.3 Å². The van der Waals surface area contributed by atoms with E-state index in [1.54, 1.807) is 20.8 Å². The molecule has 0 unspecified atom stereocenters. The van der Waals surface area contributed by atoms with Crippen LogP contribution in [0.3, 0.4) is 0 Å². The van der Waals surface area contributed by atoms with Crippen molar-refractivity contribution in [2.45, 2.75) is 44.7 Å². The molecule has 0 fully saturated rings. The Kier molecular flexibility index (Phi) is 9.03. The van der Waals surface area contributed by atoms with Gasteiger partial charge in [0.05, 0.1) is 22.8 Å². The summed E-state index contributed by atoms with van der Waals surface area (Å²) in [5.41, 5.74) is 0.0210. The number of rotatable bonds is 10. The molecule has 0 spiro atoms. The van der Waals surface area contributed by atoms with Crippen LogP contribution in [0.1, 0.15) is 32.8 Å². The molecule has 0 aromatic heterocycles. The smallest absolute Gasteiger partial charge is 0.307 e. The molecule has 0 amide bonds. The topological polar surface area (TPSA) is 107 Å². The van der Waals surface area contributed by atoms with Crippen molar-refractivity contribution in [3.8, 4) is 0 Å². The van der Waals surface area contributed by atoms with Gasteiger partial charge in [0, 0.05) is 23.7 Å². The zero-order chi connectivity index (χ0) is 24.1. The molecule has 0 bridgehead atoms. The number of ether oxygens (including phenoxy) is 1. The first-order valence-electron chi connectivity index (χ1n) is 9.83. The third-order valence-electron chi connectivity index (χ3n) is 4.79. The molecule has 0 radical (unpaired) electrons. The summed E-state index contributed by atoms with van der Waals surface area (Å²) in [4.78, 5) is 22.9. The molecule has 8 nitrogen and oxygen atoms in total. The summed E-state index contributed by atoms with van der Waals surface area (Å²) >= 11 is 11.8. The van der Waals surface area contributed by atoms with E-state index in [1.807, 2.05) is 0 Å². The second-order valence-corrected chi connectivity index (χ2v) is 10.1. The first-order valence-corrected chi connectivity index (χ1v) is 12.0. The second kappa shape index (κ2) is 11.1. The molecule has 2 aromatic rings. The summed E-state index contributed by atoms with van der Waals surface area (Å²) in [7, 11) is -4.10. The Morgan fingerprint density at radius 3 is 2.31 bits per heavy atom. The van der Waals surface area contributed by atoms with E-state index < -0.39 is 27.0 Å². The van der Waals surface area contributed by atoms with Crippen LogP contribution in [0.2, 0.25) is 10.0 Å². The molecule has 174 valence electrons. The summed E-state index contributed by atoms with van der Waals surface area (Å²) in [6.45, 7) is 5.21. The van der Waals surface area contributed by atoms with E-state index in [0.717, 1.165) is 0 Å². The monoisotopic (exact) mass is 502 g/mol. The van der Waals surface area contributed by atoms with Crippen molar-refractivity contribution >= 4 is 44.9 Å². The number of nitro groups is 1. The van der Waals surface area contributed by atoms with Crippen LogP contribution in [0.15, 0.2) is 47.4 Å². The maximum Gasteiger partial charge on any atom is 0.307 e. The van der Waals surface area contributed by atoms with Gasteiger partial charge < -0.3 is 4.74 Å². The van der Waals surface area contributed by atoms with Crippen LogP contribution in [0.5, 0.6) is 0 Å². The van der Waals surface area contributed by atoms with E-state index in [-0.39, 0.29) is 41.1 Å². The highest BCUT2D eigenvalue weighted by Crippen LogP contribution is 2.30. The minimum atomic E-state index is -4.10. The van der Waals surface area contributed by atoms with Gasteiger partial charge in [-0.05, 0) is 48.7 Å². The van der Waals surface area contributed by atoms with Gasteiger partial charge in [-0.15, -0.1) is 0 Å². The van der Waals surface area contributed by atoms with E-state index in [9.17, 15) is 23.3 Å². The Hall–Kier alpha value is -2.20. The van der Waals surface area contributed by atoms with Gasteiger partial charge in [-0.2, -0.15) is 4.31 Å². The number of hydrogen-bond donors (Lipinski definition) is 0. The maximum atomic E-state index is 13.6. The number of nitro benzene ring substituents is 1. The minimum absolute atomic E-state index is 0.0140. The van der Waals surface area contributed by atoms with Gasteiger partial charge in [0.2, 0.25) is 10.0 Å². The van der Waals surface area contributed by atoms with Crippen molar-refractivity contribution in [3.63, 3.8) is 0 Å². The molecule has 32 heavy (non-hydrogen) atoms. The Bertz CT molecular complexity index is 1070. The highest BCUT2D eigenvalue weighted by Gasteiger charge is 2.35. The zero-order valence-corrected chi connectivity index (χ0v) is 20.2. The van der Waals surface area contributed by atoms with Gasteiger partial charge >= 0.3 is 5.97 Å². The van der Waals surface area contributed by atoms with Gasteiger partial charge in [0.15, 0.2) is 0 Å². The van der Waals surface area contributed by atoms with E-state index in [2.05, 4.69) is 0 Å². The van der Waals surface area contributed by atoms with Crippen molar-refractivity contribution < 1.29 is 22.9 Å². The number of carbonyl (C=O) groups excluding carboxylic acids is 1. The highest BCUT2D eigenvalue weighted by molar-refractivity contribution is 7.89. The number of benzene rings is 2. The summed E-state index contributed by atoms with van der Waals surface area (Å²) in [5.74, 6) is -0.798. The molecular formula is C21H24Cl2N2O6S. The fraction of sp³-hybridized carbons (Fsp3) is 0.381. The minimum Gasteiger partial charge on any atom is -0.466 e. The maximum absolute atomic E-state index is 13.6. The van der Waals surface area contributed by atoms with Gasteiger partial charge in [0.1, 0.15) is 5.02 Å². The molecule has 0 aliphatic rings. The number of esters is 1. The Balaban J connectivity index is 2.57. The van der Waals surface area contributed by atoms with Crippen molar-refractivity contribution in [2.24, 2.45) is 5.92 Å². The van der Waals surface area contributed by atoms with Gasteiger partial charge in [-0.25, -0.2) is 8.42 Å². The van der Waals surface area contributed by atoms with Crippen LogP contribution >= 0.6 is 23.2 Å². The Labute approximate surface area is 197 Å². The molecule has 2 rings (SSSR count). The summed E-state index contributed by atoms with van der Waals surface area (Å²) < 4.78 is 33.4. The van der Waals surface area contributed by atoms with Crippen molar-refractivity contribution in [3.05, 3.63) is 68.2 Å². The molecule has 0 heterocycles. The average molecular weight is 503 g/mol. The van der Waals surface area contributed by atoms with E-state index in [0.29, 0.717) is 10.6 Å². The predicted molar refractivity (Wildman–Crippen MR) is 122 cm³/mol. The molecular weight excluding hydrogens is 479 g/mol. The molecule has 0 saturated carbocycles. The SMILES string of the molecule is CCOC(=O)C[C@@H](C(C)C)N(Cc1ccc(Cl)c([N+](=O)[O-])c1)S(=O)(=O)c1ccc(Cl)cc1. The normalized spacial score (nSPS) is 12.7. The number of carbonyl (C=O) groups is 1. The number of sulfonamides is 1. The van der Waals surface area contributed by atoms with Gasteiger partial charge in [-0.3, -0.25) is 14.9 Å². The lowest BCUT2D eigenvalue weighted by Crippen LogP contribution is -2.44. The zero-order valence-electron chi connectivity index (χ0n) is 17.8. The second-order valence-electron chi connectivity index (χ2n) is 7.37. The van der Waals surface area contributed by atoms with Gasteiger partial charge in [0.25, 0.3) is 5.69 Å². The fourth-order valence-electron chi connectivity index (χ4n) is 3.16. The summed E-state index contributed by atoms with van der Waals surface area (Å²) in [6.07, 6.45) is -0.173. The van der Waals surface area contributed by atoms with Gasteiger partial charge in [-0.1, -0.05) is 43.1 Å². The molecule has 0 N–H and O–H groups in total. The van der Waals surface area contributed by atoms with Crippen LogP contribution in [0, 0.1) is 16.0 Å². The molecule has 1 atom stereocenters. The fourth-order valence-corrected chi connectivity index (χ4v) is 5.22. The first kappa shape index (κ1) is 26.1. The van der Waals surface area contributed by atoms with E-state index in [1.165, 1.54) is 46.8 Å². The largest absolute Gasteiger partial charge is 0.466 e. The van der Waals surface area contributed by atoms with Crippen molar-refractivity contribution in [2.75, 3.05) is 6.61 Å². The van der Waals surface area contributed by atoms with Crippen LogP contribution in [-0.2, 0) is 26.1 Å². The third kappa shape index (κ3) is 6.41. The van der Waals surface area contributed by atoms with E-state index >= 15 is 0 Å². The molecule has 0 aliphatic carbocycles. The lowest BCUT2D eigenvalue weighted by molar-refractivity contribution is -0.384. The third-order valence-corrected chi connectivity index (χ3v) is 7.24. The predicted octanol–water partition coefficient (Wildman–Crippen LogP) is 5.07. The number of nitrogens with zero attached hydrogens (tertiary/aromatic N) is 2. The molecule has 11 heteroatoms. The Morgan fingerprint density at radius 1 is 1.16 bits per heavy atom. The number of hydrogen-bond acceptors (Lipinski definition) is 6. The van der Waals surface area contributed by atoms with Crippen LogP contribution in [0.25, 0.3) is 0 Å². The van der Waals surface area contributed by atoms with Crippen LogP contribution < -0.4 is 0 Å².